The van der Waals surface area contributed by atoms with E-state index in [-0.39, 0.29) is 5.69 Å². The summed E-state index contributed by atoms with van der Waals surface area (Å²) < 4.78 is 27.0. The SMILES string of the molecule is Cc1c(CN(C)C(=O)c2ccn(C(F)F)n2)cnn1C. The summed E-state index contributed by atoms with van der Waals surface area (Å²) in [7, 11) is 3.40. The lowest BCUT2D eigenvalue weighted by Crippen LogP contribution is -2.27. The molecule has 0 aliphatic carbocycles. The lowest BCUT2D eigenvalue weighted by Gasteiger charge is -2.15. The normalized spacial score (nSPS) is 11.1. The number of carbonyl (C=O) groups is 1. The van der Waals surface area contributed by atoms with Gasteiger partial charge in [-0.3, -0.25) is 9.48 Å². The average molecular weight is 283 g/mol. The molecule has 1 amide bonds. The van der Waals surface area contributed by atoms with Crippen LogP contribution in [-0.2, 0) is 13.6 Å². The predicted octanol–water partition coefficient (Wildman–Crippen LogP) is 1.59. The van der Waals surface area contributed by atoms with E-state index in [0.29, 0.717) is 11.2 Å². The van der Waals surface area contributed by atoms with Crippen LogP contribution < -0.4 is 0 Å². The monoisotopic (exact) mass is 283 g/mol. The van der Waals surface area contributed by atoms with Crippen LogP contribution in [0.2, 0.25) is 0 Å². The summed E-state index contributed by atoms with van der Waals surface area (Å²) in [6.45, 7) is -0.505. The number of hydrogen-bond donors (Lipinski definition) is 0. The zero-order valence-corrected chi connectivity index (χ0v) is 11.4. The number of carbonyl (C=O) groups excluding carboxylic acids is 1. The molecule has 0 saturated heterocycles. The molecule has 0 radical (unpaired) electrons. The smallest absolute Gasteiger partial charge is 0.333 e. The van der Waals surface area contributed by atoms with E-state index in [0.717, 1.165) is 17.5 Å². The maximum absolute atomic E-state index is 12.4. The van der Waals surface area contributed by atoms with Crippen LogP contribution in [0.3, 0.4) is 0 Å². The van der Waals surface area contributed by atoms with E-state index >= 15 is 0 Å². The van der Waals surface area contributed by atoms with Crippen LogP contribution in [0.4, 0.5) is 8.78 Å². The Hall–Kier alpha value is -2.25. The Morgan fingerprint density at radius 2 is 2.20 bits per heavy atom. The maximum Gasteiger partial charge on any atom is 0.333 e. The van der Waals surface area contributed by atoms with Gasteiger partial charge in [0.25, 0.3) is 5.91 Å². The molecule has 108 valence electrons. The van der Waals surface area contributed by atoms with Crippen molar-refractivity contribution in [2.24, 2.45) is 7.05 Å². The number of aryl methyl sites for hydroxylation is 1. The van der Waals surface area contributed by atoms with Crippen molar-refractivity contribution in [2.45, 2.75) is 20.0 Å². The Morgan fingerprint density at radius 1 is 1.50 bits per heavy atom. The first-order valence-corrected chi connectivity index (χ1v) is 5.96. The second-order valence-corrected chi connectivity index (χ2v) is 4.50. The molecule has 6 nitrogen and oxygen atoms in total. The molecule has 2 heterocycles. The largest absolute Gasteiger partial charge is 0.336 e. The van der Waals surface area contributed by atoms with Crippen molar-refractivity contribution in [3.8, 4) is 0 Å². The molecule has 0 unspecified atom stereocenters. The van der Waals surface area contributed by atoms with Gasteiger partial charge in [0, 0.05) is 38.1 Å². The van der Waals surface area contributed by atoms with Gasteiger partial charge in [0.15, 0.2) is 5.69 Å². The average Bonchev–Trinajstić information content (AvgIpc) is 3.00. The van der Waals surface area contributed by atoms with Crippen LogP contribution in [0.25, 0.3) is 0 Å². The Kier molecular flexibility index (Phi) is 3.82. The van der Waals surface area contributed by atoms with Gasteiger partial charge in [-0.25, -0.2) is 4.68 Å². The van der Waals surface area contributed by atoms with Gasteiger partial charge in [-0.2, -0.15) is 19.0 Å². The van der Waals surface area contributed by atoms with Crippen molar-refractivity contribution in [3.63, 3.8) is 0 Å². The van der Waals surface area contributed by atoms with Crippen molar-refractivity contribution >= 4 is 5.91 Å². The van der Waals surface area contributed by atoms with E-state index in [9.17, 15) is 13.6 Å². The number of aromatic nitrogens is 4. The van der Waals surface area contributed by atoms with E-state index in [2.05, 4.69) is 10.2 Å². The minimum atomic E-state index is -2.75. The number of rotatable bonds is 4. The molecular formula is C12H15F2N5O. The van der Waals surface area contributed by atoms with E-state index in [1.165, 1.54) is 11.0 Å². The van der Waals surface area contributed by atoms with Crippen molar-refractivity contribution in [2.75, 3.05) is 7.05 Å². The van der Waals surface area contributed by atoms with Crippen molar-refractivity contribution in [1.82, 2.24) is 24.5 Å². The molecular weight excluding hydrogens is 268 g/mol. The molecule has 20 heavy (non-hydrogen) atoms. The number of nitrogens with zero attached hydrogens (tertiary/aromatic N) is 5. The number of amides is 1. The molecule has 0 aliphatic rings. The topological polar surface area (TPSA) is 56.0 Å². The van der Waals surface area contributed by atoms with Gasteiger partial charge in [-0.1, -0.05) is 0 Å². The summed E-state index contributed by atoms with van der Waals surface area (Å²) in [6, 6.07) is 1.28. The third-order valence-corrected chi connectivity index (χ3v) is 3.12. The number of alkyl halides is 2. The molecule has 0 aliphatic heterocycles. The summed E-state index contributed by atoms with van der Waals surface area (Å²) in [6.07, 6.45) is 2.76. The lowest BCUT2D eigenvalue weighted by atomic mass is 10.2. The first-order valence-electron chi connectivity index (χ1n) is 5.96. The van der Waals surface area contributed by atoms with Gasteiger partial charge in [0.2, 0.25) is 0 Å². The highest BCUT2D eigenvalue weighted by molar-refractivity contribution is 5.91. The second-order valence-electron chi connectivity index (χ2n) is 4.50. The van der Waals surface area contributed by atoms with Gasteiger partial charge in [0.05, 0.1) is 6.20 Å². The molecule has 0 saturated carbocycles. The van der Waals surface area contributed by atoms with Crippen LogP contribution in [0, 0.1) is 6.92 Å². The van der Waals surface area contributed by atoms with Crippen LogP contribution in [0.5, 0.6) is 0 Å². The molecule has 8 heteroatoms. The van der Waals surface area contributed by atoms with Gasteiger partial charge in [-0.15, -0.1) is 0 Å². The van der Waals surface area contributed by atoms with Crippen LogP contribution in [-0.4, -0.2) is 37.4 Å². The molecule has 2 aromatic rings. The fourth-order valence-electron chi connectivity index (χ4n) is 1.78. The maximum atomic E-state index is 12.4. The molecule has 2 rings (SSSR count). The molecule has 0 atom stereocenters. The third kappa shape index (κ3) is 2.68. The molecule has 0 spiro atoms. The quantitative estimate of drug-likeness (QED) is 0.856. The predicted molar refractivity (Wildman–Crippen MR) is 67.2 cm³/mol. The summed E-state index contributed by atoms with van der Waals surface area (Å²) >= 11 is 0. The highest BCUT2D eigenvalue weighted by Gasteiger charge is 2.18. The second kappa shape index (κ2) is 5.40. The summed E-state index contributed by atoms with van der Waals surface area (Å²) in [5.74, 6) is -0.410. The molecule has 0 aromatic carbocycles. The number of halogens is 2. The highest BCUT2D eigenvalue weighted by atomic mass is 19.3. The Labute approximate surface area is 114 Å². The first kappa shape index (κ1) is 14.2. The van der Waals surface area contributed by atoms with Crippen LogP contribution in [0.15, 0.2) is 18.5 Å². The molecule has 0 bridgehead atoms. The van der Waals surface area contributed by atoms with E-state index in [1.807, 2.05) is 14.0 Å². The zero-order chi connectivity index (χ0) is 14.9. The Balaban J connectivity index is 2.10. The summed E-state index contributed by atoms with van der Waals surface area (Å²) in [5, 5.41) is 7.64. The summed E-state index contributed by atoms with van der Waals surface area (Å²) in [4.78, 5) is 13.5. The van der Waals surface area contributed by atoms with Crippen LogP contribution in [0.1, 0.15) is 28.3 Å². The van der Waals surface area contributed by atoms with Crippen molar-refractivity contribution < 1.29 is 13.6 Å². The fraction of sp³-hybridized carbons (Fsp3) is 0.417. The molecule has 0 fully saturated rings. The van der Waals surface area contributed by atoms with Gasteiger partial charge in [0.1, 0.15) is 0 Å². The van der Waals surface area contributed by atoms with Gasteiger partial charge >= 0.3 is 6.55 Å². The van der Waals surface area contributed by atoms with E-state index in [4.69, 9.17) is 0 Å². The molecule has 0 N–H and O–H groups in total. The minimum Gasteiger partial charge on any atom is -0.336 e. The van der Waals surface area contributed by atoms with Gasteiger partial charge < -0.3 is 4.90 Å². The standard InChI is InChI=1S/C12H15F2N5O/c1-8-9(6-15-18(8)3)7-17(2)11(20)10-4-5-19(16-10)12(13)14/h4-6,12H,7H2,1-3H3. The van der Waals surface area contributed by atoms with Gasteiger partial charge in [-0.05, 0) is 13.0 Å². The lowest BCUT2D eigenvalue weighted by molar-refractivity contribution is 0.0553. The first-order chi connectivity index (χ1) is 9.40. The third-order valence-electron chi connectivity index (χ3n) is 3.12. The highest BCUT2D eigenvalue weighted by Crippen LogP contribution is 2.12. The van der Waals surface area contributed by atoms with E-state index in [1.54, 1.807) is 17.9 Å². The van der Waals surface area contributed by atoms with Crippen molar-refractivity contribution in [1.29, 1.82) is 0 Å². The summed E-state index contributed by atoms with van der Waals surface area (Å²) in [5.41, 5.74) is 1.84. The number of hydrogen-bond acceptors (Lipinski definition) is 3. The Bertz CT molecular complexity index is 619. The fourth-order valence-corrected chi connectivity index (χ4v) is 1.78. The Morgan fingerprint density at radius 3 is 2.70 bits per heavy atom. The molecule has 2 aromatic heterocycles. The zero-order valence-electron chi connectivity index (χ0n) is 11.4. The van der Waals surface area contributed by atoms with Crippen LogP contribution >= 0.6 is 0 Å². The minimum absolute atomic E-state index is 0.00524. The van der Waals surface area contributed by atoms with Crippen molar-refractivity contribution in [3.05, 3.63) is 35.4 Å². The van der Waals surface area contributed by atoms with E-state index < -0.39 is 12.5 Å².